The summed E-state index contributed by atoms with van der Waals surface area (Å²) in [5.74, 6) is 2.00. The Balaban J connectivity index is 0.00000225. The summed E-state index contributed by atoms with van der Waals surface area (Å²) in [5, 5.41) is 3.48. The highest BCUT2D eigenvalue weighted by Crippen LogP contribution is 2.23. The average molecular weight is 367 g/mol. The first kappa shape index (κ1) is 19.7. The summed E-state index contributed by atoms with van der Waals surface area (Å²) in [4.78, 5) is 7.02. The van der Waals surface area contributed by atoms with Crippen molar-refractivity contribution in [1.82, 2.24) is 19.8 Å². The zero-order chi connectivity index (χ0) is 16.8. The van der Waals surface area contributed by atoms with Crippen molar-refractivity contribution in [3.05, 3.63) is 48.0 Å². The SMILES string of the molecule is COCCOc1ccc(CN2CCNCC2c2nccn2C)cc1.Cl. The number of hydrogen-bond acceptors (Lipinski definition) is 5. The first-order valence-corrected chi connectivity index (χ1v) is 8.40. The van der Waals surface area contributed by atoms with Crippen molar-refractivity contribution >= 4 is 12.4 Å². The second-order valence-corrected chi connectivity index (χ2v) is 6.07. The molecule has 0 radical (unpaired) electrons. The number of halogens is 1. The van der Waals surface area contributed by atoms with Gasteiger partial charge in [0.1, 0.15) is 18.2 Å². The molecule has 1 aliphatic rings. The van der Waals surface area contributed by atoms with Gasteiger partial charge in [-0.1, -0.05) is 12.1 Å². The molecule has 2 heterocycles. The molecular formula is C18H27ClN4O2. The van der Waals surface area contributed by atoms with Crippen LogP contribution in [0.15, 0.2) is 36.7 Å². The molecule has 1 atom stereocenters. The van der Waals surface area contributed by atoms with Gasteiger partial charge in [0, 0.05) is 52.7 Å². The lowest BCUT2D eigenvalue weighted by molar-refractivity contribution is 0.144. The fraction of sp³-hybridized carbons (Fsp3) is 0.500. The van der Waals surface area contributed by atoms with Gasteiger partial charge in [0.2, 0.25) is 0 Å². The number of ether oxygens (including phenoxy) is 2. The van der Waals surface area contributed by atoms with Gasteiger partial charge in [-0.05, 0) is 17.7 Å². The molecule has 1 fully saturated rings. The molecule has 25 heavy (non-hydrogen) atoms. The quantitative estimate of drug-likeness (QED) is 0.760. The Hall–Kier alpha value is -1.60. The third-order valence-corrected chi connectivity index (χ3v) is 4.38. The van der Waals surface area contributed by atoms with Crippen LogP contribution in [0.4, 0.5) is 0 Å². The van der Waals surface area contributed by atoms with E-state index >= 15 is 0 Å². The van der Waals surface area contributed by atoms with Crippen LogP contribution in [0.25, 0.3) is 0 Å². The lowest BCUT2D eigenvalue weighted by Crippen LogP contribution is -2.46. The Morgan fingerprint density at radius 2 is 2.04 bits per heavy atom. The zero-order valence-corrected chi connectivity index (χ0v) is 15.7. The largest absolute Gasteiger partial charge is 0.491 e. The smallest absolute Gasteiger partial charge is 0.127 e. The Bertz CT molecular complexity index is 632. The van der Waals surface area contributed by atoms with Crippen molar-refractivity contribution in [1.29, 1.82) is 0 Å². The van der Waals surface area contributed by atoms with E-state index in [2.05, 4.69) is 38.9 Å². The summed E-state index contributed by atoms with van der Waals surface area (Å²) in [6, 6.07) is 8.64. The van der Waals surface area contributed by atoms with Gasteiger partial charge < -0.3 is 19.4 Å². The third-order valence-electron chi connectivity index (χ3n) is 4.38. The summed E-state index contributed by atoms with van der Waals surface area (Å²) >= 11 is 0. The minimum Gasteiger partial charge on any atom is -0.491 e. The van der Waals surface area contributed by atoms with E-state index in [0.29, 0.717) is 19.3 Å². The van der Waals surface area contributed by atoms with Crippen molar-refractivity contribution in [2.45, 2.75) is 12.6 Å². The molecule has 1 aromatic heterocycles. The van der Waals surface area contributed by atoms with E-state index in [1.165, 1.54) is 5.56 Å². The van der Waals surface area contributed by atoms with Gasteiger partial charge in [0.05, 0.1) is 12.6 Å². The highest BCUT2D eigenvalue weighted by Gasteiger charge is 2.26. The molecule has 0 amide bonds. The zero-order valence-electron chi connectivity index (χ0n) is 14.9. The molecule has 0 bridgehead atoms. The lowest BCUT2D eigenvalue weighted by Gasteiger charge is -2.35. The number of piperazine rings is 1. The van der Waals surface area contributed by atoms with E-state index in [4.69, 9.17) is 9.47 Å². The molecule has 1 saturated heterocycles. The van der Waals surface area contributed by atoms with Gasteiger partial charge in [-0.15, -0.1) is 12.4 Å². The van der Waals surface area contributed by atoms with Crippen molar-refractivity contribution < 1.29 is 9.47 Å². The molecule has 0 saturated carbocycles. The van der Waals surface area contributed by atoms with Crippen molar-refractivity contribution in [3.63, 3.8) is 0 Å². The molecule has 0 aliphatic carbocycles. The van der Waals surface area contributed by atoms with Gasteiger partial charge in [0.25, 0.3) is 0 Å². The average Bonchev–Trinajstić information content (AvgIpc) is 3.03. The molecule has 6 nitrogen and oxygen atoms in total. The van der Waals surface area contributed by atoms with Gasteiger partial charge in [-0.2, -0.15) is 0 Å². The molecule has 1 aromatic carbocycles. The molecule has 138 valence electrons. The summed E-state index contributed by atoms with van der Waals surface area (Å²) in [7, 11) is 3.74. The number of methoxy groups -OCH3 is 1. The van der Waals surface area contributed by atoms with Crippen LogP contribution in [0.1, 0.15) is 17.4 Å². The first-order chi connectivity index (χ1) is 11.8. The summed E-state index contributed by atoms with van der Waals surface area (Å²) < 4.78 is 12.7. The lowest BCUT2D eigenvalue weighted by atomic mass is 10.1. The molecule has 0 spiro atoms. The maximum Gasteiger partial charge on any atom is 0.127 e. The van der Waals surface area contributed by atoms with Crippen LogP contribution >= 0.6 is 12.4 Å². The Morgan fingerprint density at radius 3 is 2.72 bits per heavy atom. The van der Waals surface area contributed by atoms with Crippen LogP contribution < -0.4 is 10.1 Å². The van der Waals surface area contributed by atoms with Crippen LogP contribution in [0.3, 0.4) is 0 Å². The van der Waals surface area contributed by atoms with E-state index in [-0.39, 0.29) is 12.4 Å². The molecule has 1 unspecified atom stereocenters. The molecule has 7 heteroatoms. The monoisotopic (exact) mass is 366 g/mol. The Kier molecular flexibility index (Phi) is 7.71. The normalized spacial score (nSPS) is 17.9. The number of rotatable bonds is 7. The van der Waals surface area contributed by atoms with Gasteiger partial charge in [0.15, 0.2) is 0 Å². The van der Waals surface area contributed by atoms with Crippen molar-refractivity contribution in [3.8, 4) is 5.75 Å². The molecular weight excluding hydrogens is 340 g/mol. The van der Waals surface area contributed by atoms with Crippen molar-refractivity contribution in [2.24, 2.45) is 7.05 Å². The van der Waals surface area contributed by atoms with Crippen LogP contribution in [0.2, 0.25) is 0 Å². The van der Waals surface area contributed by atoms with Crippen LogP contribution in [-0.4, -0.2) is 54.4 Å². The number of hydrogen-bond donors (Lipinski definition) is 1. The highest BCUT2D eigenvalue weighted by atomic mass is 35.5. The number of nitrogens with one attached hydrogen (secondary N) is 1. The molecule has 1 N–H and O–H groups in total. The standard InChI is InChI=1S/C18H26N4O2.ClH/c1-21-9-8-20-18(21)17-13-19-7-10-22(17)14-15-3-5-16(6-4-15)24-12-11-23-2;/h3-6,8-9,17,19H,7,10-14H2,1-2H3;1H. The van der Waals surface area contributed by atoms with E-state index in [1.54, 1.807) is 7.11 Å². The Labute approximate surface area is 155 Å². The van der Waals surface area contributed by atoms with Crippen LogP contribution in [0.5, 0.6) is 5.75 Å². The fourth-order valence-corrected chi connectivity index (χ4v) is 3.06. The van der Waals surface area contributed by atoms with Gasteiger partial charge in [-0.25, -0.2) is 4.98 Å². The number of nitrogens with zero attached hydrogens (tertiary/aromatic N) is 3. The predicted octanol–water partition coefficient (Wildman–Crippen LogP) is 2.01. The minimum absolute atomic E-state index is 0. The van der Waals surface area contributed by atoms with Gasteiger partial charge in [-0.3, -0.25) is 4.90 Å². The summed E-state index contributed by atoms with van der Waals surface area (Å²) in [5.41, 5.74) is 1.29. The van der Waals surface area contributed by atoms with Crippen LogP contribution in [0, 0.1) is 0 Å². The number of aromatic nitrogens is 2. The van der Waals surface area contributed by atoms with E-state index in [0.717, 1.165) is 37.8 Å². The minimum atomic E-state index is 0. The topological polar surface area (TPSA) is 51.6 Å². The number of aryl methyl sites for hydroxylation is 1. The first-order valence-electron chi connectivity index (χ1n) is 8.40. The maximum atomic E-state index is 5.63. The predicted molar refractivity (Wildman–Crippen MR) is 100 cm³/mol. The van der Waals surface area contributed by atoms with Crippen LogP contribution in [-0.2, 0) is 18.3 Å². The summed E-state index contributed by atoms with van der Waals surface area (Å²) in [6.45, 7) is 5.06. The van der Waals surface area contributed by atoms with E-state index in [9.17, 15) is 0 Å². The van der Waals surface area contributed by atoms with Gasteiger partial charge >= 0.3 is 0 Å². The molecule has 2 aromatic rings. The van der Waals surface area contributed by atoms with Crippen molar-refractivity contribution in [2.75, 3.05) is 40.0 Å². The second-order valence-electron chi connectivity index (χ2n) is 6.07. The molecule has 3 rings (SSSR count). The highest BCUT2D eigenvalue weighted by molar-refractivity contribution is 5.85. The van der Waals surface area contributed by atoms with E-state index in [1.807, 2.05) is 24.5 Å². The number of benzene rings is 1. The fourth-order valence-electron chi connectivity index (χ4n) is 3.06. The maximum absolute atomic E-state index is 5.63. The Morgan fingerprint density at radius 1 is 1.24 bits per heavy atom. The van der Waals surface area contributed by atoms with E-state index < -0.39 is 0 Å². The number of imidazole rings is 1. The third kappa shape index (κ3) is 5.19. The second kappa shape index (κ2) is 9.77. The summed E-state index contributed by atoms with van der Waals surface area (Å²) in [6.07, 6.45) is 3.88. The molecule has 1 aliphatic heterocycles.